The highest BCUT2D eigenvalue weighted by molar-refractivity contribution is 5.62. The smallest absolute Gasteiger partial charge is 0.119 e. The molecule has 0 N–H and O–H groups in total. The Morgan fingerprint density at radius 2 is 1.80 bits per heavy atom. The maximum atomic E-state index is 5.86. The van der Waals surface area contributed by atoms with E-state index in [2.05, 4.69) is 28.8 Å². The van der Waals surface area contributed by atoms with Gasteiger partial charge in [-0.3, -0.25) is 0 Å². The van der Waals surface area contributed by atoms with Gasteiger partial charge < -0.3 is 14.0 Å². The second-order valence-corrected chi connectivity index (χ2v) is 6.26. The van der Waals surface area contributed by atoms with E-state index < -0.39 is 0 Å². The molecule has 4 heteroatoms. The molecule has 2 heterocycles. The summed E-state index contributed by atoms with van der Waals surface area (Å²) in [5.41, 5.74) is 3.49. The lowest BCUT2D eigenvalue weighted by molar-refractivity contribution is 0.193. The number of hydrogen-bond acceptors (Lipinski definition) is 3. The Morgan fingerprint density at radius 3 is 2.52 bits per heavy atom. The van der Waals surface area contributed by atoms with Crippen molar-refractivity contribution in [2.75, 3.05) is 19.8 Å². The fraction of sp³-hybridized carbons (Fsp3) is 0.286. The maximum Gasteiger partial charge on any atom is 0.119 e. The topological polar surface area (TPSA) is 36.3 Å². The molecular weight excluding hydrogens is 312 g/mol. The molecule has 1 aromatic heterocycles. The van der Waals surface area contributed by atoms with E-state index in [-0.39, 0.29) is 0 Å². The van der Waals surface area contributed by atoms with E-state index in [0.717, 1.165) is 43.2 Å². The van der Waals surface area contributed by atoms with Crippen LogP contribution in [0.3, 0.4) is 0 Å². The fourth-order valence-corrected chi connectivity index (χ4v) is 3.35. The van der Waals surface area contributed by atoms with Crippen LogP contribution < -0.4 is 4.74 Å². The van der Waals surface area contributed by atoms with Crippen LogP contribution in [0.4, 0.5) is 0 Å². The van der Waals surface area contributed by atoms with Crippen molar-refractivity contribution < 1.29 is 9.47 Å². The van der Waals surface area contributed by atoms with Crippen molar-refractivity contribution in [1.82, 2.24) is 9.55 Å². The molecule has 0 radical (unpaired) electrons. The molecule has 1 aliphatic heterocycles. The number of imidazole rings is 1. The van der Waals surface area contributed by atoms with Crippen LogP contribution in [0.2, 0.25) is 0 Å². The number of hydrogen-bond donors (Lipinski definition) is 0. The van der Waals surface area contributed by atoms with E-state index in [1.807, 2.05) is 42.7 Å². The number of nitrogens with zero attached hydrogens (tertiary/aromatic N) is 2. The van der Waals surface area contributed by atoms with E-state index in [9.17, 15) is 0 Å². The molecule has 1 fully saturated rings. The highest BCUT2D eigenvalue weighted by Crippen LogP contribution is 2.33. The molecule has 2 aromatic carbocycles. The van der Waals surface area contributed by atoms with Gasteiger partial charge in [-0.25, -0.2) is 4.98 Å². The zero-order valence-corrected chi connectivity index (χ0v) is 14.2. The van der Waals surface area contributed by atoms with Gasteiger partial charge in [-0.1, -0.05) is 48.5 Å². The van der Waals surface area contributed by atoms with Crippen molar-refractivity contribution >= 4 is 0 Å². The van der Waals surface area contributed by atoms with Gasteiger partial charge in [-0.05, 0) is 18.6 Å². The first-order valence-corrected chi connectivity index (χ1v) is 8.78. The summed E-state index contributed by atoms with van der Waals surface area (Å²) in [6.07, 6.45) is 2.98. The van der Waals surface area contributed by atoms with Crippen LogP contribution >= 0.6 is 0 Å². The van der Waals surface area contributed by atoms with Gasteiger partial charge in [0.2, 0.25) is 0 Å². The highest BCUT2D eigenvalue weighted by atomic mass is 16.5. The highest BCUT2D eigenvalue weighted by Gasteiger charge is 2.25. The van der Waals surface area contributed by atoms with Gasteiger partial charge in [0.25, 0.3) is 0 Å². The number of benzene rings is 2. The second-order valence-electron chi connectivity index (χ2n) is 6.26. The van der Waals surface area contributed by atoms with Gasteiger partial charge in [-0.2, -0.15) is 0 Å². The largest absolute Gasteiger partial charge is 0.492 e. The summed E-state index contributed by atoms with van der Waals surface area (Å²) in [4.78, 5) is 4.71. The Kier molecular flexibility index (Phi) is 4.79. The predicted octanol–water partition coefficient (Wildman–Crippen LogP) is 4.13. The van der Waals surface area contributed by atoms with Crippen LogP contribution in [0.15, 0.2) is 67.0 Å². The summed E-state index contributed by atoms with van der Waals surface area (Å²) in [5, 5.41) is 0. The Hall–Kier alpha value is -2.59. The Bertz CT molecular complexity index is 793. The van der Waals surface area contributed by atoms with Crippen LogP contribution in [0.5, 0.6) is 5.75 Å². The van der Waals surface area contributed by atoms with Crippen molar-refractivity contribution in [3.8, 4) is 17.0 Å². The molecule has 0 bridgehead atoms. The van der Waals surface area contributed by atoms with E-state index in [1.54, 1.807) is 0 Å². The monoisotopic (exact) mass is 334 g/mol. The van der Waals surface area contributed by atoms with Crippen LogP contribution in [-0.2, 0) is 11.3 Å². The van der Waals surface area contributed by atoms with E-state index in [1.165, 1.54) is 5.69 Å². The van der Waals surface area contributed by atoms with Gasteiger partial charge in [0.1, 0.15) is 12.4 Å². The molecule has 0 amide bonds. The van der Waals surface area contributed by atoms with E-state index in [0.29, 0.717) is 12.5 Å². The molecule has 0 spiro atoms. The zero-order valence-electron chi connectivity index (χ0n) is 14.2. The number of para-hydroxylation sites is 1. The van der Waals surface area contributed by atoms with Crippen molar-refractivity contribution in [2.45, 2.75) is 18.9 Å². The van der Waals surface area contributed by atoms with Crippen molar-refractivity contribution in [3.63, 3.8) is 0 Å². The lowest BCUT2D eigenvalue weighted by Gasteiger charge is -2.15. The SMILES string of the molecule is c1ccc(OCCn2cnc(-c3ccccc3)c2[C@H]2CCOC2)cc1. The van der Waals surface area contributed by atoms with Gasteiger partial charge in [0, 0.05) is 18.1 Å². The summed E-state index contributed by atoms with van der Waals surface area (Å²) in [6, 6.07) is 20.3. The molecular formula is C21H22N2O2. The minimum atomic E-state index is 0.398. The minimum Gasteiger partial charge on any atom is -0.492 e. The average Bonchev–Trinajstić information content (AvgIpc) is 3.33. The van der Waals surface area contributed by atoms with Crippen molar-refractivity contribution in [2.24, 2.45) is 0 Å². The molecule has 1 atom stereocenters. The first kappa shape index (κ1) is 15.9. The van der Waals surface area contributed by atoms with Crippen LogP contribution in [0, 0.1) is 0 Å². The van der Waals surface area contributed by atoms with Gasteiger partial charge >= 0.3 is 0 Å². The number of aromatic nitrogens is 2. The molecule has 128 valence electrons. The first-order valence-electron chi connectivity index (χ1n) is 8.78. The van der Waals surface area contributed by atoms with E-state index >= 15 is 0 Å². The van der Waals surface area contributed by atoms with Crippen LogP contribution in [0.25, 0.3) is 11.3 Å². The lowest BCUT2D eigenvalue weighted by atomic mass is 9.99. The summed E-state index contributed by atoms with van der Waals surface area (Å²) < 4.78 is 13.7. The summed E-state index contributed by atoms with van der Waals surface area (Å²) >= 11 is 0. The molecule has 1 aliphatic rings. The average molecular weight is 334 g/mol. The second kappa shape index (κ2) is 7.53. The summed E-state index contributed by atoms with van der Waals surface area (Å²) in [7, 11) is 0. The number of rotatable bonds is 6. The molecule has 4 rings (SSSR count). The summed E-state index contributed by atoms with van der Waals surface area (Å²) in [5.74, 6) is 1.30. The van der Waals surface area contributed by atoms with Gasteiger partial charge in [0.15, 0.2) is 0 Å². The van der Waals surface area contributed by atoms with Crippen LogP contribution in [0.1, 0.15) is 18.0 Å². The number of ether oxygens (including phenoxy) is 2. The maximum absolute atomic E-state index is 5.86. The molecule has 3 aromatic rings. The molecule has 0 unspecified atom stereocenters. The predicted molar refractivity (Wildman–Crippen MR) is 97.8 cm³/mol. The molecule has 1 saturated heterocycles. The fourth-order valence-electron chi connectivity index (χ4n) is 3.35. The van der Waals surface area contributed by atoms with Gasteiger partial charge in [0.05, 0.1) is 30.9 Å². The summed E-state index contributed by atoms with van der Waals surface area (Å²) in [6.45, 7) is 2.99. The molecule has 25 heavy (non-hydrogen) atoms. The van der Waals surface area contributed by atoms with Crippen molar-refractivity contribution in [3.05, 3.63) is 72.7 Å². The van der Waals surface area contributed by atoms with Gasteiger partial charge in [-0.15, -0.1) is 0 Å². The molecule has 0 saturated carbocycles. The third kappa shape index (κ3) is 3.59. The standard InChI is InChI=1S/C21H22N2O2/c1-3-7-17(8-4-1)20-21(18-11-13-24-15-18)23(16-22-20)12-14-25-19-9-5-2-6-10-19/h1-10,16,18H,11-15H2/t18-/m0/s1. The zero-order chi connectivity index (χ0) is 16.9. The first-order chi connectivity index (χ1) is 12.4. The third-order valence-corrected chi connectivity index (χ3v) is 4.59. The van der Waals surface area contributed by atoms with Crippen LogP contribution in [-0.4, -0.2) is 29.4 Å². The Labute approximate surface area is 148 Å². The molecule has 4 nitrogen and oxygen atoms in total. The molecule has 0 aliphatic carbocycles. The Morgan fingerprint density at radius 1 is 1.04 bits per heavy atom. The third-order valence-electron chi connectivity index (χ3n) is 4.59. The van der Waals surface area contributed by atoms with E-state index in [4.69, 9.17) is 14.5 Å². The quantitative estimate of drug-likeness (QED) is 0.680. The Balaban J connectivity index is 1.56. The lowest BCUT2D eigenvalue weighted by Crippen LogP contribution is -2.13. The minimum absolute atomic E-state index is 0.398. The normalized spacial score (nSPS) is 16.9. The van der Waals surface area contributed by atoms with Crippen molar-refractivity contribution in [1.29, 1.82) is 0 Å².